The maximum Gasteiger partial charge on any atom is 0.170 e. The average Bonchev–Trinajstić information content (AvgIpc) is 2.84. The summed E-state index contributed by atoms with van der Waals surface area (Å²) in [5, 5.41) is 1.43. The van der Waals surface area contributed by atoms with Crippen molar-refractivity contribution >= 4 is 40.8 Å². The Balaban J connectivity index is 1.54. The van der Waals surface area contributed by atoms with E-state index in [1.165, 1.54) is 19.3 Å². The summed E-state index contributed by atoms with van der Waals surface area (Å²) >= 11 is 12.6. The Labute approximate surface area is 205 Å². The molecule has 0 bridgehead atoms. The molecule has 0 amide bonds. The molecule has 0 saturated carbocycles. The lowest BCUT2D eigenvalue weighted by Gasteiger charge is -2.29. The van der Waals surface area contributed by atoms with E-state index in [1.807, 2.05) is 61.5 Å². The number of hydrogen-bond donors (Lipinski definition) is 0. The van der Waals surface area contributed by atoms with Gasteiger partial charge in [0.15, 0.2) is 11.5 Å². The molecule has 6 heteroatoms. The van der Waals surface area contributed by atoms with Crippen molar-refractivity contribution in [3.05, 3.63) is 81.8 Å². The molecule has 0 radical (unpaired) electrons. The molecular formula is C27H28Cl2N2O2. The minimum Gasteiger partial charge on any atom is -0.490 e. The Morgan fingerprint density at radius 1 is 0.939 bits per heavy atom. The first-order chi connectivity index (χ1) is 16.1. The number of rotatable bonds is 8. The van der Waals surface area contributed by atoms with Crippen LogP contribution in [0.5, 0.6) is 11.5 Å². The van der Waals surface area contributed by atoms with E-state index in [2.05, 4.69) is 16.0 Å². The lowest BCUT2D eigenvalue weighted by molar-refractivity contribution is 0.269. The van der Waals surface area contributed by atoms with Crippen LogP contribution in [0.2, 0.25) is 10.0 Å². The van der Waals surface area contributed by atoms with E-state index < -0.39 is 0 Å². The van der Waals surface area contributed by atoms with Crippen LogP contribution in [-0.2, 0) is 6.61 Å². The van der Waals surface area contributed by atoms with Gasteiger partial charge < -0.3 is 14.4 Å². The van der Waals surface area contributed by atoms with Crippen LogP contribution >= 0.6 is 23.2 Å². The Morgan fingerprint density at radius 3 is 2.45 bits per heavy atom. The molecule has 0 unspecified atom stereocenters. The van der Waals surface area contributed by atoms with Gasteiger partial charge in [0.2, 0.25) is 0 Å². The fraction of sp³-hybridized carbons (Fsp3) is 0.296. The maximum atomic E-state index is 6.60. The van der Waals surface area contributed by atoms with E-state index >= 15 is 0 Å². The van der Waals surface area contributed by atoms with E-state index in [0.717, 1.165) is 40.6 Å². The number of halogens is 2. The number of anilines is 1. The minimum atomic E-state index is 0.401. The van der Waals surface area contributed by atoms with Crippen molar-refractivity contribution in [2.24, 2.45) is 4.99 Å². The van der Waals surface area contributed by atoms with Gasteiger partial charge in [-0.05, 0) is 74.2 Å². The van der Waals surface area contributed by atoms with Crippen LogP contribution in [0, 0.1) is 0 Å². The average molecular weight is 483 g/mol. The highest BCUT2D eigenvalue weighted by atomic mass is 35.5. The first-order valence-corrected chi connectivity index (χ1v) is 12.1. The second kappa shape index (κ2) is 11.4. The van der Waals surface area contributed by atoms with Crippen LogP contribution in [0.3, 0.4) is 0 Å². The molecule has 4 nitrogen and oxygen atoms in total. The maximum absolute atomic E-state index is 6.60. The molecule has 3 aromatic carbocycles. The molecule has 4 rings (SSSR count). The summed E-state index contributed by atoms with van der Waals surface area (Å²) in [7, 11) is 0. The Bertz CT molecular complexity index is 1090. The number of nitrogens with zero attached hydrogens (tertiary/aromatic N) is 2. The lowest BCUT2D eigenvalue weighted by Crippen LogP contribution is -2.29. The van der Waals surface area contributed by atoms with Crippen LogP contribution in [0.25, 0.3) is 0 Å². The molecule has 172 valence electrons. The molecule has 0 spiro atoms. The monoisotopic (exact) mass is 482 g/mol. The number of piperidine rings is 1. The summed E-state index contributed by atoms with van der Waals surface area (Å²) in [5.41, 5.74) is 3.74. The van der Waals surface area contributed by atoms with Crippen molar-refractivity contribution in [1.82, 2.24) is 0 Å². The van der Waals surface area contributed by atoms with Gasteiger partial charge in [0.25, 0.3) is 0 Å². The summed E-state index contributed by atoms with van der Waals surface area (Å²) in [5.74, 6) is 1.35. The van der Waals surface area contributed by atoms with Crippen molar-refractivity contribution in [1.29, 1.82) is 0 Å². The molecular weight excluding hydrogens is 455 g/mol. The number of ether oxygens (including phenoxy) is 2. The molecule has 1 saturated heterocycles. The molecule has 1 fully saturated rings. The summed E-state index contributed by atoms with van der Waals surface area (Å²) < 4.78 is 12.0. The summed E-state index contributed by atoms with van der Waals surface area (Å²) in [6, 6.07) is 19.4. The van der Waals surface area contributed by atoms with Gasteiger partial charge >= 0.3 is 0 Å². The van der Waals surface area contributed by atoms with Gasteiger partial charge in [-0.1, -0.05) is 41.4 Å². The van der Waals surface area contributed by atoms with Crippen LogP contribution < -0.4 is 14.4 Å². The first kappa shape index (κ1) is 23.5. The molecule has 1 aliphatic heterocycles. The van der Waals surface area contributed by atoms with Crippen molar-refractivity contribution < 1.29 is 9.47 Å². The van der Waals surface area contributed by atoms with Crippen LogP contribution in [-0.4, -0.2) is 25.9 Å². The largest absolute Gasteiger partial charge is 0.490 e. The number of aliphatic imine (C=N–C) groups is 1. The lowest BCUT2D eigenvalue weighted by atomic mass is 10.1. The standard InChI is InChI=1S/C27H28Cl2N2O2/c1-2-32-26-8-6-7-21(27(26)33-19-20-9-11-22(28)12-10-20)18-30-23-13-14-25(24(29)17-23)31-15-4-3-5-16-31/h6-14,17-18H,2-5,15-16,19H2,1H3. The van der Waals surface area contributed by atoms with E-state index in [1.54, 1.807) is 6.21 Å². The van der Waals surface area contributed by atoms with Crippen LogP contribution in [0.1, 0.15) is 37.3 Å². The van der Waals surface area contributed by atoms with Gasteiger partial charge in [-0.2, -0.15) is 0 Å². The van der Waals surface area contributed by atoms with Gasteiger partial charge in [-0.3, -0.25) is 4.99 Å². The first-order valence-electron chi connectivity index (χ1n) is 11.4. The van der Waals surface area contributed by atoms with E-state index in [0.29, 0.717) is 29.7 Å². The highest BCUT2D eigenvalue weighted by molar-refractivity contribution is 6.33. The molecule has 1 heterocycles. The summed E-state index contributed by atoms with van der Waals surface area (Å²) in [6.07, 6.45) is 5.52. The second-order valence-corrected chi connectivity index (χ2v) is 8.81. The van der Waals surface area contributed by atoms with Gasteiger partial charge in [-0.15, -0.1) is 0 Å². The fourth-order valence-electron chi connectivity index (χ4n) is 3.91. The Morgan fingerprint density at radius 2 is 1.73 bits per heavy atom. The normalized spacial score (nSPS) is 14.0. The Hall–Kier alpha value is -2.69. The zero-order valence-electron chi connectivity index (χ0n) is 18.8. The van der Waals surface area contributed by atoms with Crippen molar-refractivity contribution in [2.75, 3.05) is 24.6 Å². The van der Waals surface area contributed by atoms with E-state index in [9.17, 15) is 0 Å². The van der Waals surface area contributed by atoms with Gasteiger partial charge in [-0.25, -0.2) is 0 Å². The topological polar surface area (TPSA) is 34.1 Å². The molecule has 0 aromatic heterocycles. The third-order valence-electron chi connectivity index (χ3n) is 5.59. The van der Waals surface area contributed by atoms with E-state index in [4.69, 9.17) is 32.7 Å². The number of hydrogen-bond acceptors (Lipinski definition) is 4. The van der Waals surface area contributed by atoms with Gasteiger partial charge in [0, 0.05) is 29.9 Å². The summed E-state index contributed by atoms with van der Waals surface area (Å²) in [6.45, 7) is 5.02. The van der Waals surface area contributed by atoms with Crippen molar-refractivity contribution in [2.45, 2.75) is 32.8 Å². The SMILES string of the molecule is CCOc1cccc(C=Nc2ccc(N3CCCCC3)c(Cl)c2)c1OCc1ccc(Cl)cc1. The van der Waals surface area contributed by atoms with Gasteiger partial charge in [0.05, 0.1) is 23.0 Å². The van der Waals surface area contributed by atoms with Crippen molar-refractivity contribution in [3.63, 3.8) is 0 Å². The third-order valence-corrected chi connectivity index (χ3v) is 6.14. The molecule has 0 atom stereocenters. The highest BCUT2D eigenvalue weighted by Gasteiger charge is 2.14. The van der Waals surface area contributed by atoms with E-state index in [-0.39, 0.29) is 0 Å². The fourth-order valence-corrected chi connectivity index (χ4v) is 4.33. The molecule has 3 aromatic rings. The zero-order valence-corrected chi connectivity index (χ0v) is 20.3. The Kier molecular flexibility index (Phi) is 8.14. The van der Waals surface area contributed by atoms with Gasteiger partial charge in [0.1, 0.15) is 6.61 Å². The predicted molar refractivity (Wildman–Crippen MR) is 138 cm³/mol. The quantitative estimate of drug-likeness (QED) is 0.308. The minimum absolute atomic E-state index is 0.401. The summed E-state index contributed by atoms with van der Waals surface area (Å²) in [4.78, 5) is 7.03. The zero-order chi connectivity index (χ0) is 23.0. The molecule has 33 heavy (non-hydrogen) atoms. The molecule has 1 aliphatic rings. The smallest absolute Gasteiger partial charge is 0.170 e. The molecule has 0 aliphatic carbocycles. The number of para-hydroxylation sites is 1. The number of benzene rings is 3. The van der Waals surface area contributed by atoms with Crippen LogP contribution in [0.15, 0.2) is 65.7 Å². The second-order valence-electron chi connectivity index (χ2n) is 7.96. The predicted octanol–water partition coefficient (Wildman–Crippen LogP) is 7.71. The van der Waals surface area contributed by atoms with Crippen LogP contribution in [0.4, 0.5) is 11.4 Å². The molecule has 0 N–H and O–H groups in total. The third kappa shape index (κ3) is 6.21. The highest BCUT2D eigenvalue weighted by Crippen LogP contribution is 2.34. The van der Waals surface area contributed by atoms with Crippen molar-refractivity contribution in [3.8, 4) is 11.5 Å².